The molecule has 1 aliphatic carbocycles. The highest BCUT2D eigenvalue weighted by atomic mass is 16.6. The number of hydrogen-bond acceptors (Lipinski definition) is 6. The molecule has 2 heterocycles. The molecule has 0 radical (unpaired) electrons. The number of amides is 2. The van der Waals surface area contributed by atoms with Crippen molar-refractivity contribution < 1.29 is 19.6 Å². The molecule has 1 saturated carbocycles. The third-order valence-electron chi connectivity index (χ3n) is 5.82. The average Bonchev–Trinajstić information content (AvgIpc) is 3.58. The van der Waals surface area contributed by atoms with Crippen molar-refractivity contribution in [2.75, 3.05) is 27.2 Å². The molecule has 31 heavy (non-hydrogen) atoms. The quantitative estimate of drug-likeness (QED) is 0.643. The summed E-state index contributed by atoms with van der Waals surface area (Å²) in [6.45, 7) is 7.08. The van der Waals surface area contributed by atoms with Crippen LogP contribution in [0.25, 0.3) is 0 Å². The molecule has 3 rings (SSSR count). The number of carbonyl (C=O) groups is 2. The summed E-state index contributed by atoms with van der Waals surface area (Å²) in [5.41, 5.74) is 1.14. The minimum absolute atomic E-state index is 0.112. The monoisotopic (exact) mass is 431 g/mol. The molecule has 0 aromatic rings. The smallest absolute Gasteiger partial charge is 0.410 e. The molecule has 2 amide bonds. The molecule has 0 unspecified atom stereocenters. The van der Waals surface area contributed by atoms with Gasteiger partial charge in [0.1, 0.15) is 17.5 Å². The zero-order chi connectivity index (χ0) is 22.8. The molecule has 0 bridgehead atoms. The maximum absolute atomic E-state index is 12.3. The molecule has 3 N–H and O–H groups in total. The lowest BCUT2D eigenvalue weighted by molar-refractivity contribution is -0.529. The van der Waals surface area contributed by atoms with Gasteiger partial charge in [-0.3, -0.25) is 15.0 Å². The van der Waals surface area contributed by atoms with Gasteiger partial charge in [-0.05, 0) is 46.5 Å². The molecule has 9 nitrogen and oxygen atoms in total. The molecule has 1 saturated heterocycles. The van der Waals surface area contributed by atoms with Crippen molar-refractivity contribution >= 4 is 24.4 Å². The number of likely N-dealkylation sites (tertiary alicyclic amines) is 1. The number of carbonyl (C=O) groups excluding carboxylic acids is 2. The number of rotatable bonds is 5. The lowest BCUT2D eigenvalue weighted by Gasteiger charge is -2.38. The Kier molecular flexibility index (Phi) is 6.83. The molecule has 0 aromatic carbocycles. The fourth-order valence-electron chi connectivity index (χ4n) is 3.79. The van der Waals surface area contributed by atoms with E-state index in [1.807, 2.05) is 32.3 Å². The van der Waals surface area contributed by atoms with E-state index in [0.717, 1.165) is 50.2 Å². The van der Waals surface area contributed by atoms with Crippen molar-refractivity contribution in [1.29, 1.82) is 5.41 Å². The first-order valence-electron chi connectivity index (χ1n) is 10.9. The van der Waals surface area contributed by atoms with E-state index in [1.165, 1.54) is 6.21 Å². The van der Waals surface area contributed by atoms with E-state index in [4.69, 9.17) is 10.1 Å². The summed E-state index contributed by atoms with van der Waals surface area (Å²) in [6, 6.07) is 0.112. The predicted molar refractivity (Wildman–Crippen MR) is 118 cm³/mol. The highest BCUT2D eigenvalue weighted by Gasteiger charge is 2.34. The fraction of sp³-hybridized carbons (Fsp3) is 0.636. The standard InChI is InChI=1S/C22H34N6O3/c1-22(2,3)31-21(30)26(4)16-8-10-28(11-9-16)18(12-23)17-13-25-19(14-24-17)27(5)20(29)15-6-7-15/h12-16,23-24H,6-11H2,1-5H3/p+1/b18-17+,23-12?. The normalized spacial score (nSPS) is 21.3. The summed E-state index contributed by atoms with van der Waals surface area (Å²) in [6.07, 6.45) is 8.15. The summed E-state index contributed by atoms with van der Waals surface area (Å²) in [5, 5.41) is 9.84. The summed E-state index contributed by atoms with van der Waals surface area (Å²) >= 11 is 0. The molecule has 0 atom stereocenters. The van der Waals surface area contributed by atoms with Crippen molar-refractivity contribution in [2.24, 2.45) is 10.9 Å². The Bertz CT molecular complexity index is 814. The van der Waals surface area contributed by atoms with Crippen LogP contribution in [0.4, 0.5) is 4.79 Å². The van der Waals surface area contributed by atoms with Gasteiger partial charge in [-0.15, -0.1) is 0 Å². The van der Waals surface area contributed by atoms with Crippen molar-refractivity contribution in [2.45, 2.75) is 58.1 Å². The van der Waals surface area contributed by atoms with Crippen LogP contribution in [0.3, 0.4) is 0 Å². The van der Waals surface area contributed by atoms with E-state index in [2.05, 4.69) is 9.89 Å². The Labute approximate surface area is 184 Å². The van der Waals surface area contributed by atoms with Gasteiger partial charge < -0.3 is 19.9 Å². The van der Waals surface area contributed by atoms with E-state index in [-0.39, 0.29) is 24.0 Å². The summed E-state index contributed by atoms with van der Waals surface area (Å²) < 4.78 is 5.48. The van der Waals surface area contributed by atoms with E-state index in [1.54, 1.807) is 30.1 Å². The van der Waals surface area contributed by atoms with Crippen LogP contribution in [-0.4, -0.2) is 78.0 Å². The van der Waals surface area contributed by atoms with Crippen molar-refractivity contribution in [1.82, 2.24) is 14.7 Å². The van der Waals surface area contributed by atoms with Gasteiger partial charge >= 0.3 is 6.09 Å². The lowest BCUT2D eigenvalue weighted by Crippen LogP contribution is -2.78. The molecule has 0 spiro atoms. The summed E-state index contributed by atoms with van der Waals surface area (Å²) in [7, 11) is 3.55. The minimum atomic E-state index is -0.510. The van der Waals surface area contributed by atoms with E-state index in [9.17, 15) is 9.59 Å². The second-order valence-corrected chi connectivity index (χ2v) is 9.42. The Morgan fingerprint density at radius 1 is 1.23 bits per heavy atom. The Morgan fingerprint density at radius 2 is 1.87 bits per heavy atom. The van der Waals surface area contributed by atoms with Gasteiger partial charge in [0.2, 0.25) is 5.91 Å². The third-order valence-corrected chi connectivity index (χ3v) is 5.82. The number of nitrogens with one attached hydrogen (secondary N) is 1. The first-order valence-corrected chi connectivity index (χ1v) is 10.9. The Morgan fingerprint density at radius 3 is 2.35 bits per heavy atom. The number of allylic oxidation sites excluding steroid dienone is 2. The van der Waals surface area contributed by atoms with E-state index in [0.29, 0.717) is 5.82 Å². The summed E-state index contributed by atoms with van der Waals surface area (Å²) in [5.74, 6) is 0.894. The Hall–Kier alpha value is -2.68. The first-order chi connectivity index (χ1) is 14.6. The summed E-state index contributed by atoms with van der Waals surface area (Å²) in [4.78, 5) is 34.5. The zero-order valence-electron chi connectivity index (χ0n) is 19.2. The van der Waals surface area contributed by atoms with Crippen LogP contribution in [0.1, 0.15) is 46.5 Å². The molecule has 0 aromatic heterocycles. The van der Waals surface area contributed by atoms with Crippen LogP contribution >= 0.6 is 0 Å². The van der Waals surface area contributed by atoms with Crippen molar-refractivity contribution in [3.63, 3.8) is 0 Å². The molecular formula is C22H35N6O3+. The SMILES string of the molecule is CN(C(=O)C1CC1)C1=C[NH2+]/C(=C(\C=N)N2CCC(N(C)C(=O)OC(C)(C)C)CC2)C=N1. The highest BCUT2D eigenvalue weighted by Crippen LogP contribution is 2.31. The van der Waals surface area contributed by atoms with Crippen LogP contribution in [-0.2, 0) is 9.53 Å². The van der Waals surface area contributed by atoms with E-state index >= 15 is 0 Å². The lowest BCUT2D eigenvalue weighted by atomic mass is 10.0. The number of ether oxygens (including phenoxy) is 1. The number of aliphatic imine (C=N–C) groups is 1. The third kappa shape index (κ3) is 5.72. The molecule has 2 aliphatic heterocycles. The van der Waals surface area contributed by atoms with Crippen molar-refractivity contribution in [3.05, 3.63) is 23.4 Å². The van der Waals surface area contributed by atoms with Crippen LogP contribution in [0.5, 0.6) is 0 Å². The number of piperidine rings is 1. The second-order valence-electron chi connectivity index (χ2n) is 9.42. The first kappa shape index (κ1) is 23.0. The zero-order valence-corrected chi connectivity index (χ0v) is 19.2. The van der Waals surface area contributed by atoms with Crippen molar-refractivity contribution in [3.8, 4) is 0 Å². The number of hydrogen-bond donors (Lipinski definition) is 2. The topological polar surface area (TPSA) is 106 Å². The largest absolute Gasteiger partial charge is 0.444 e. The van der Waals surface area contributed by atoms with Gasteiger partial charge in [0.15, 0.2) is 11.5 Å². The van der Waals surface area contributed by atoms with E-state index < -0.39 is 5.60 Å². The number of nitrogens with zero attached hydrogens (tertiary/aromatic N) is 4. The molecule has 2 fully saturated rings. The van der Waals surface area contributed by atoms with Crippen LogP contribution in [0.15, 0.2) is 28.4 Å². The maximum Gasteiger partial charge on any atom is 0.410 e. The van der Waals surface area contributed by atoms with Crippen LogP contribution in [0.2, 0.25) is 0 Å². The van der Waals surface area contributed by atoms with Crippen LogP contribution < -0.4 is 5.32 Å². The number of quaternary nitrogens is 1. The predicted octanol–water partition coefficient (Wildman–Crippen LogP) is 1.49. The van der Waals surface area contributed by atoms with Gasteiger partial charge in [0.25, 0.3) is 0 Å². The second kappa shape index (κ2) is 9.21. The molecule has 9 heteroatoms. The van der Waals surface area contributed by atoms with Crippen LogP contribution in [0, 0.1) is 11.3 Å². The van der Waals surface area contributed by atoms with Gasteiger partial charge in [-0.1, -0.05) is 0 Å². The maximum atomic E-state index is 12.3. The highest BCUT2D eigenvalue weighted by molar-refractivity contribution is 5.89. The average molecular weight is 432 g/mol. The number of nitrogens with two attached hydrogens (primary N) is 1. The Balaban J connectivity index is 1.58. The van der Waals surface area contributed by atoms with Gasteiger partial charge in [-0.25, -0.2) is 9.79 Å². The molecule has 3 aliphatic rings. The van der Waals surface area contributed by atoms with Gasteiger partial charge in [0, 0.05) is 45.4 Å². The fourth-order valence-corrected chi connectivity index (χ4v) is 3.79. The molecule has 170 valence electrons. The molecular weight excluding hydrogens is 396 g/mol. The van der Waals surface area contributed by atoms with Gasteiger partial charge in [0.05, 0.1) is 6.21 Å². The van der Waals surface area contributed by atoms with Gasteiger partial charge in [-0.2, -0.15) is 0 Å². The minimum Gasteiger partial charge on any atom is -0.444 e.